The van der Waals surface area contributed by atoms with Gasteiger partial charge in [-0.1, -0.05) is 6.92 Å². The van der Waals surface area contributed by atoms with Gasteiger partial charge in [0.05, 0.1) is 6.61 Å². The molecule has 1 saturated heterocycles. The average molecular weight is 368 g/mol. The maximum atomic E-state index is 12.1. The van der Waals surface area contributed by atoms with Crippen LogP contribution in [0.5, 0.6) is 5.75 Å². The van der Waals surface area contributed by atoms with E-state index in [4.69, 9.17) is 4.74 Å². The number of carbonyl (C=O) groups excluding carboxylic acids is 1. The van der Waals surface area contributed by atoms with Gasteiger partial charge in [-0.25, -0.2) is 4.98 Å². The number of aromatic nitrogens is 1. The van der Waals surface area contributed by atoms with Crippen LogP contribution in [0.4, 0.5) is 0 Å². The summed E-state index contributed by atoms with van der Waals surface area (Å²) in [5, 5.41) is 8.80. The maximum Gasteiger partial charge on any atom is 0.270 e. The molecule has 1 amide bonds. The Labute approximate surface area is 152 Å². The van der Waals surface area contributed by atoms with Crippen molar-refractivity contribution in [2.75, 3.05) is 26.2 Å². The number of ether oxygens (including phenoxy) is 1. The van der Waals surface area contributed by atoms with Gasteiger partial charge >= 0.3 is 0 Å². The lowest BCUT2D eigenvalue weighted by atomic mass is 10.0. The monoisotopic (exact) mass is 367 g/mol. The number of nitrogens with zero attached hydrogens (tertiary/aromatic N) is 1. The molecule has 0 radical (unpaired) electrons. The summed E-state index contributed by atoms with van der Waals surface area (Å²) in [5.41, 5.74) is 1.49. The van der Waals surface area contributed by atoms with Crippen molar-refractivity contribution in [3.8, 4) is 16.3 Å². The summed E-state index contributed by atoms with van der Waals surface area (Å²) < 4.78 is 5.57. The second kappa shape index (κ2) is 9.01. The fraction of sp³-hybridized carbons (Fsp3) is 0.412. The smallest absolute Gasteiger partial charge is 0.270 e. The topological polar surface area (TPSA) is 63.2 Å². The van der Waals surface area contributed by atoms with E-state index in [-0.39, 0.29) is 18.3 Å². The molecule has 130 valence electrons. The lowest BCUT2D eigenvalue weighted by Gasteiger charge is -2.26. The Morgan fingerprint density at radius 3 is 2.75 bits per heavy atom. The minimum Gasteiger partial charge on any atom is -0.494 e. The number of carbonyl (C=O) groups is 1. The average Bonchev–Trinajstić information content (AvgIpc) is 3.02. The van der Waals surface area contributed by atoms with Gasteiger partial charge in [-0.05, 0) is 30.7 Å². The molecule has 2 aromatic rings. The van der Waals surface area contributed by atoms with Crippen LogP contribution in [0.2, 0.25) is 0 Å². The second-order valence-electron chi connectivity index (χ2n) is 5.65. The van der Waals surface area contributed by atoms with E-state index in [9.17, 15) is 4.79 Å². The van der Waals surface area contributed by atoms with E-state index in [0.29, 0.717) is 18.2 Å². The molecule has 0 unspecified atom stereocenters. The SMILES string of the molecule is CCCOc1ccc(-c2nc(C(=O)NCC3CNC3)cs2)cc1.Cl. The lowest BCUT2D eigenvalue weighted by molar-refractivity contribution is 0.0938. The Bertz CT molecular complexity index is 656. The van der Waals surface area contributed by atoms with E-state index in [1.54, 1.807) is 0 Å². The van der Waals surface area contributed by atoms with Crippen LogP contribution in [-0.2, 0) is 0 Å². The zero-order valence-corrected chi connectivity index (χ0v) is 15.2. The predicted molar refractivity (Wildman–Crippen MR) is 99.3 cm³/mol. The highest BCUT2D eigenvalue weighted by atomic mass is 35.5. The van der Waals surface area contributed by atoms with Gasteiger partial charge in [0.25, 0.3) is 5.91 Å². The van der Waals surface area contributed by atoms with Crippen molar-refractivity contribution in [3.05, 3.63) is 35.3 Å². The minimum atomic E-state index is -0.0951. The van der Waals surface area contributed by atoms with Crippen LogP contribution >= 0.6 is 23.7 Å². The zero-order chi connectivity index (χ0) is 16.1. The molecule has 0 saturated carbocycles. The molecule has 1 aromatic carbocycles. The van der Waals surface area contributed by atoms with Crippen LogP contribution in [-0.4, -0.2) is 37.1 Å². The van der Waals surface area contributed by atoms with Crippen LogP contribution in [0.15, 0.2) is 29.6 Å². The van der Waals surface area contributed by atoms with E-state index in [1.807, 2.05) is 29.6 Å². The van der Waals surface area contributed by atoms with Gasteiger partial charge < -0.3 is 15.4 Å². The Morgan fingerprint density at radius 1 is 1.38 bits per heavy atom. The molecule has 5 nitrogen and oxygen atoms in total. The Hall–Kier alpha value is -1.63. The Morgan fingerprint density at radius 2 is 2.12 bits per heavy atom. The summed E-state index contributed by atoms with van der Waals surface area (Å²) in [6.07, 6.45) is 0.990. The molecule has 24 heavy (non-hydrogen) atoms. The third kappa shape index (κ3) is 4.69. The number of hydrogen-bond donors (Lipinski definition) is 2. The number of thiazole rings is 1. The Balaban J connectivity index is 0.00000208. The van der Waals surface area contributed by atoms with Crippen LogP contribution in [0.25, 0.3) is 10.6 Å². The normalized spacial score (nSPS) is 13.7. The van der Waals surface area contributed by atoms with Gasteiger partial charge in [0.1, 0.15) is 16.5 Å². The Kier molecular flexibility index (Phi) is 7.02. The summed E-state index contributed by atoms with van der Waals surface area (Å²) in [5.74, 6) is 1.31. The third-order valence-corrected chi connectivity index (χ3v) is 4.62. The van der Waals surface area contributed by atoms with Crippen molar-refractivity contribution < 1.29 is 9.53 Å². The molecule has 1 aliphatic rings. The summed E-state index contributed by atoms with van der Waals surface area (Å²) in [6.45, 7) is 5.47. The quantitative estimate of drug-likeness (QED) is 0.789. The van der Waals surface area contributed by atoms with Crippen molar-refractivity contribution in [1.82, 2.24) is 15.6 Å². The van der Waals surface area contributed by atoms with E-state index in [2.05, 4.69) is 22.5 Å². The van der Waals surface area contributed by atoms with E-state index < -0.39 is 0 Å². The first-order valence-electron chi connectivity index (χ1n) is 7.94. The number of rotatable bonds is 7. The molecule has 7 heteroatoms. The minimum absolute atomic E-state index is 0. The fourth-order valence-corrected chi connectivity index (χ4v) is 3.05. The van der Waals surface area contributed by atoms with Gasteiger partial charge in [-0.3, -0.25) is 4.79 Å². The van der Waals surface area contributed by atoms with Crippen LogP contribution in [0, 0.1) is 5.92 Å². The summed E-state index contributed by atoms with van der Waals surface area (Å²) >= 11 is 1.48. The van der Waals surface area contributed by atoms with Crippen LogP contribution < -0.4 is 15.4 Å². The van der Waals surface area contributed by atoms with Gasteiger partial charge in [0.15, 0.2) is 0 Å². The van der Waals surface area contributed by atoms with E-state index in [1.165, 1.54) is 11.3 Å². The molecule has 1 aromatic heterocycles. The van der Waals surface area contributed by atoms with Gasteiger partial charge in [0.2, 0.25) is 0 Å². The largest absolute Gasteiger partial charge is 0.494 e. The molecular weight excluding hydrogens is 346 g/mol. The third-order valence-electron chi connectivity index (χ3n) is 3.73. The summed E-state index contributed by atoms with van der Waals surface area (Å²) in [4.78, 5) is 16.5. The number of halogens is 1. The van der Waals surface area contributed by atoms with Gasteiger partial charge in [0, 0.05) is 36.5 Å². The maximum absolute atomic E-state index is 12.1. The number of benzene rings is 1. The summed E-state index contributed by atoms with van der Waals surface area (Å²) in [6, 6.07) is 7.84. The van der Waals surface area contributed by atoms with E-state index >= 15 is 0 Å². The van der Waals surface area contributed by atoms with E-state index in [0.717, 1.165) is 42.4 Å². The molecule has 0 spiro atoms. The highest BCUT2D eigenvalue weighted by Gasteiger charge is 2.18. The van der Waals surface area contributed by atoms with Crippen LogP contribution in [0.1, 0.15) is 23.8 Å². The standard InChI is InChI=1S/C17H21N3O2S.ClH/c1-2-7-22-14-5-3-13(4-6-14)17-20-15(11-23-17)16(21)19-10-12-8-18-9-12;/h3-6,11-12,18H,2,7-10H2,1H3,(H,19,21);1H. The highest BCUT2D eigenvalue weighted by molar-refractivity contribution is 7.13. The molecule has 3 rings (SSSR count). The number of nitrogens with one attached hydrogen (secondary N) is 2. The second-order valence-corrected chi connectivity index (χ2v) is 6.50. The fourth-order valence-electron chi connectivity index (χ4n) is 2.24. The van der Waals surface area contributed by atoms with Crippen molar-refractivity contribution in [2.24, 2.45) is 5.92 Å². The lowest BCUT2D eigenvalue weighted by Crippen LogP contribution is -2.48. The molecule has 2 N–H and O–H groups in total. The number of hydrogen-bond acceptors (Lipinski definition) is 5. The first kappa shape index (κ1) is 18.7. The molecule has 0 atom stereocenters. The van der Waals surface area contributed by atoms with Gasteiger partial charge in [-0.15, -0.1) is 23.7 Å². The first-order valence-corrected chi connectivity index (χ1v) is 8.82. The molecule has 1 aliphatic heterocycles. The molecule has 0 bridgehead atoms. The molecular formula is C17H22ClN3O2S. The molecule has 1 fully saturated rings. The predicted octanol–water partition coefficient (Wildman–Crippen LogP) is 2.97. The molecule has 2 heterocycles. The van der Waals surface area contributed by atoms with Gasteiger partial charge in [-0.2, -0.15) is 0 Å². The molecule has 0 aliphatic carbocycles. The van der Waals surface area contributed by atoms with Crippen molar-refractivity contribution in [1.29, 1.82) is 0 Å². The van der Waals surface area contributed by atoms with Crippen molar-refractivity contribution >= 4 is 29.7 Å². The highest BCUT2D eigenvalue weighted by Crippen LogP contribution is 2.25. The zero-order valence-electron chi connectivity index (χ0n) is 13.6. The van der Waals surface area contributed by atoms with Crippen molar-refractivity contribution in [2.45, 2.75) is 13.3 Å². The van der Waals surface area contributed by atoms with Crippen LogP contribution in [0.3, 0.4) is 0 Å². The van der Waals surface area contributed by atoms with Crippen molar-refractivity contribution in [3.63, 3.8) is 0 Å². The summed E-state index contributed by atoms with van der Waals surface area (Å²) in [7, 11) is 0. The number of amides is 1. The first-order chi connectivity index (χ1) is 11.3.